The van der Waals surface area contributed by atoms with Gasteiger partial charge in [-0.25, -0.2) is 4.79 Å². The second-order valence-electron chi connectivity index (χ2n) is 5.11. The molecule has 0 aliphatic rings. The number of ketones is 1. The second-order valence-corrected chi connectivity index (χ2v) is 5.11. The summed E-state index contributed by atoms with van der Waals surface area (Å²) in [5.74, 6) is 0.364. The Morgan fingerprint density at radius 2 is 1.38 bits per heavy atom. The fourth-order valence-corrected chi connectivity index (χ4v) is 2.35. The first kappa shape index (κ1) is 19.1. The summed E-state index contributed by atoms with van der Waals surface area (Å²) in [4.78, 5) is 24.6. The molecule has 0 aliphatic carbocycles. The van der Waals surface area contributed by atoms with Gasteiger partial charge in [0.05, 0.1) is 28.4 Å². The topological polar surface area (TPSA) is 80.3 Å². The van der Waals surface area contributed by atoms with E-state index < -0.39 is 18.4 Å². The average molecular weight is 360 g/mol. The van der Waals surface area contributed by atoms with E-state index in [4.69, 9.17) is 23.7 Å². The van der Waals surface area contributed by atoms with Crippen molar-refractivity contribution in [1.29, 1.82) is 0 Å². The second kappa shape index (κ2) is 8.75. The van der Waals surface area contributed by atoms with Crippen molar-refractivity contribution in [3.05, 3.63) is 47.5 Å². The van der Waals surface area contributed by atoms with Crippen LogP contribution in [0.25, 0.3) is 0 Å². The molecule has 2 aromatic carbocycles. The predicted molar refractivity (Wildman–Crippen MR) is 93.7 cm³/mol. The van der Waals surface area contributed by atoms with E-state index in [2.05, 4.69) is 0 Å². The molecule has 0 saturated heterocycles. The Labute approximate surface area is 151 Å². The number of Topliss-reactive ketones (excluding diaryl/α,β-unsaturated/α-hetero) is 1. The molecule has 0 aliphatic heterocycles. The molecule has 0 bridgehead atoms. The first-order chi connectivity index (χ1) is 12.5. The third-order valence-corrected chi connectivity index (χ3v) is 3.65. The Bertz CT molecular complexity index is 773. The molecule has 0 N–H and O–H groups in total. The molecule has 7 heteroatoms. The van der Waals surface area contributed by atoms with E-state index in [1.165, 1.54) is 40.6 Å². The molecular weight excluding hydrogens is 340 g/mol. The molecule has 7 nitrogen and oxygen atoms in total. The van der Waals surface area contributed by atoms with Crippen molar-refractivity contribution in [3.63, 3.8) is 0 Å². The Kier molecular flexibility index (Phi) is 6.43. The lowest BCUT2D eigenvalue weighted by molar-refractivity contribution is 0.0471. The first-order valence-corrected chi connectivity index (χ1v) is 7.69. The molecule has 0 saturated carbocycles. The van der Waals surface area contributed by atoms with Crippen molar-refractivity contribution in [1.82, 2.24) is 0 Å². The number of para-hydroxylation sites is 1. The summed E-state index contributed by atoms with van der Waals surface area (Å²) in [7, 11) is 5.82. The van der Waals surface area contributed by atoms with Gasteiger partial charge in [-0.3, -0.25) is 4.79 Å². The van der Waals surface area contributed by atoms with E-state index in [1.54, 1.807) is 24.3 Å². The third-order valence-electron chi connectivity index (χ3n) is 3.65. The van der Waals surface area contributed by atoms with Crippen LogP contribution in [0.3, 0.4) is 0 Å². The summed E-state index contributed by atoms with van der Waals surface area (Å²) in [6.45, 7) is -0.435. The highest BCUT2D eigenvalue weighted by Crippen LogP contribution is 2.38. The summed E-state index contributed by atoms with van der Waals surface area (Å²) >= 11 is 0. The van der Waals surface area contributed by atoms with Gasteiger partial charge >= 0.3 is 5.97 Å². The number of methoxy groups -OCH3 is 4. The minimum absolute atomic E-state index is 0.243. The number of esters is 1. The van der Waals surface area contributed by atoms with Crippen molar-refractivity contribution < 1.29 is 33.3 Å². The highest BCUT2D eigenvalue weighted by atomic mass is 16.5. The van der Waals surface area contributed by atoms with E-state index in [9.17, 15) is 9.59 Å². The zero-order valence-electron chi connectivity index (χ0n) is 15.0. The lowest BCUT2D eigenvalue weighted by Crippen LogP contribution is -2.15. The number of rotatable bonds is 8. The highest BCUT2D eigenvalue weighted by molar-refractivity contribution is 6.00. The molecule has 2 rings (SSSR count). The van der Waals surface area contributed by atoms with Crippen LogP contribution in [0.15, 0.2) is 36.4 Å². The van der Waals surface area contributed by atoms with Crippen LogP contribution < -0.4 is 18.9 Å². The van der Waals surface area contributed by atoms with Gasteiger partial charge in [-0.2, -0.15) is 0 Å². The molecule has 0 fully saturated rings. The number of carbonyl (C=O) groups is 2. The number of hydrogen-bond acceptors (Lipinski definition) is 7. The van der Waals surface area contributed by atoms with E-state index >= 15 is 0 Å². The van der Waals surface area contributed by atoms with E-state index in [-0.39, 0.29) is 11.1 Å². The first-order valence-electron chi connectivity index (χ1n) is 7.69. The number of carbonyl (C=O) groups excluding carboxylic acids is 2. The van der Waals surface area contributed by atoms with Crippen LogP contribution >= 0.6 is 0 Å². The standard InChI is InChI=1S/C19H20O7/c1-22-15-8-6-5-7-13(15)19(21)26-11-14(20)12-9-16(23-2)18(25-4)17(10-12)24-3/h5-10H,11H2,1-4H3. The largest absolute Gasteiger partial charge is 0.496 e. The maximum atomic E-state index is 12.4. The quantitative estimate of drug-likeness (QED) is 0.529. The lowest BCUT2D eigenvalue weighted by Gasteiger charge is -2.14. The monoisotopic (exact) mass is 360 g/mol. The van der Waals surface area contributed by atoms with Crippen LogP contribution in [0.4, 0.5) is 0 Å². The molecule has 0 atom stereocenters. The van der Waals surface area contributed by atoms with Crippen molar-refractivity contribution in [3.8, 4) is 23.0 Å². The average Bonchev–Trinajstić information content (AvgIpc) is 2.70. The SMILES string of the molecule is COc1ccccc1C(=O)OCC(=O)c1cc(OC)c(OC)c(OC)c1. The van der Waals surface area contributed by atoms with Gasteiger partial charge in [0, 0.05) is 5.56 Å². The molecule has 0 spiro atoms. The number of ether oxygens (including phenoxy) is 5. The van der Waals surface area contributed by atoms with Crippen LogP contribution in [0.5, 0.6) is 23.0 Å². The molecule has 2 aromatic rings. The van der Waals surface area contributed by atoms with Crippen molar-refractivity contribution in [2.24, 2.45) is 0 Å². The highest BCUT2D eigenvalue weighted by Gasteiger charge is 2.19. The molecule has 26 heavy (non-hydrogen) atoms. The van der Waals surface area contributed by atoms with Gasteiger partial charge in [-0.1, -0.05) is 12.1 Å². The van der Waals surface area contributed by atoms with Gasteiger partial charge in [-0.05, 0) is 24.3 Å². The predicted octanol–water partition coefficient (Wildman–Crippen LogP) is 2.76. The zero-order valence-corrected chi connectivity index (χ0v) is 15.0. The summed E-state index contributed by atoms with van der Waals surface area (Å²) in [5.41, 5.74) is 0.514. The molecule has 138 valence electrons. The number of benzene rings is 2. The maximum absolute atomic E-state index is 12.4. The van der Waals surface area contributed by atoms with Crippen LogP contribution in [0.2, 0.25) is 0 Å². The molecule has 0 unspecified atom stereocenters. The summed E-state index contributed by atoms with van der Waals surface area (Å²) < 4.78 is 25.9. The van der Waals surface area contributed by atoms with Gasteiger partial charge < -0.3 is 23.7 Å². The Morgan fingerprint density at radius 1 is 0.808 bits per heavy atom. The van der Waals surface area contributed by atoms with Gasteiger partial charge in [0.25, 0.3) is 0 Å². The van der Waals surface area contributed by atoms with Gasteiger partial charge in [-0.15, -0.1) is 0 Å². The van der Waals surface area contributed by atoms with Crippen LogP contribution in [0.1, 0.15) is 20.7 Å². The fourth-order valence-electron chi connectivity index (χ4n) is 2.35. The maximum Gasteiger partial charge on any atom is 0.342 e. The van der Waals surface area contributed by atoms with Gasteiger partial charge in [0.15, 0.2) is 18.1 Å². The van der Waals surface area contributed by atoms with E-state index in [0.717, 1.165) is 0 Å². The Morgan fingerprint density at radius 3 is 1.92 bits per heavy atom. The summed E-state index contributed by atoms with van der Waals surface area (Å²) in [5, 5.41) is 0. The Hall–Kier alpha value is -3.22. The van der Waals surface area contributed by atoms with Crippen LogP contribution in [-0.2, 0) is 4.74 Å². The molecule has 0 aromatic heterocycles. The number of hydrogen-bond donors (Lipinski definition) is 0. The van der Waals surface area contributed by atoms with Crippen molar-refractivity contribution >= 4 is 11.8 Å². The summed E-state index contributed by atoms with van der Waals surface area (Å²) in [6, 6.07) is 9.61. The molecule has 0 radical (unpaired) electrons. The Balaban J connectivity index is 2.16. The van der Waals surface area contributed by atoms with E-state index in [1.807, 2.05) is 0 Å². The minimum atomic E-state index is -0.650. The van der Waals surface area contributed by atoms with Gasteiger partial charge in [0.2, 0.25) is 11.5 Å². The molecule has 0 amide bonds. The molecular formula is C19H20O7. The van der Waals surface area contributed by atoms with Gasteiger partial charge in [0.1, 0.15) is 11.3 Å². The lowest BCUT2D eigenvalue weighted by atomic mass is 10.1. The van der Waals surface area contributed by atoms with Crippen LogP contribution in [0, 0.1) is 0 Å². The zero-order chi connectivity index (χ0) is 19.1. The van der Waals surface area contributed by atoms with Crippen molar-refractivity contribution in [2.45, 2.75) is 0 Å². The molecule has 0 heterocycles. The fraction of sp³-hybridized carbons (Fsp3) is 0.263. The smallest absolute Gasteiger partial charge is 0.342 e. The van der Waals surface area contributed by atoms with Crippen LogP contribution in [-0.4, -0.2) is 46.8 Å². The normalized spacial score (nSPS) is 10.0. The summed E-state index contributed by atoms with van der Waals surface area (Å²) in [6.07, 6.45) is 0. The van der Waals surface area contributed by atoms with E-state index in [0.29, 0.717) is 23.0 Å². The van der Waals surface area contributed by atoms with Crippen molar-refractivity contribution in [2.75, 3.05) is 35.0 Å². The third kappa shape index (κ3) is 4.05. The minimum Gasteiger partial charge on any atom is -0.496 e.